The zero-order valence-electron chi connectivity index (χ0n) is 13.4. The first-order valence-corrected chi connectivity index (χ1v) is 8.22. The maximum Gasteiger partial charge on any atom is 0.229 e. The van der Waals surface area contributed by atoms with E-state index >= 15 is 0 Å². The number of carbonyl (C=O) groups is 1. The number of piperidine rings is 1. The van der Waals surface area contributed by atoms with E-state index in [1.54, 1.807) is 31.6 Å². The van der Waals surface area contributed by atoms with Crippen molar-refractivity contribution in [1.82, 2.24) is 15.3 Å². The van der Waals surface area contributed by atoms with Gasteiger partial charge in [0.25, 0.3) is 0 Å². The summed E-state index contributed by atoms with van der Waals surface area (Å²) < 4.78 is 5.36. The molecule has 7 heteroatoms. The number of anilines is 1. The van der Waals surface area contributed by atoms with Crippen LogP contribution in [0.25, 0.3) is 11.1 Å². The van der Waals surface area contributed by atoms with Crippen molar-refractivity contribution in [3.8, 4) is 16.9 Å². The molecule has 6 nitrogen and oxygen atoms in total. The number of carbonyl (C=O) groups excluding carboxylic acids is 1. The summed E-state index contributed by atoms with van der Waals surface area (Å²) in [5, 5.41) is 6.58. The second-order valence-electron chi connectivity index (χ2n) is 5.66. The van der Waals surface area contributed by atoms with E-state index in [0.717, 1.165) is 24.9 Å². The summed E-state index contributed by atoms with van der Waals surface area (Å²) in [5.74, 6) is 1.07. The number of methoxy groups -OCH3 is 1. The average Bonchev–Trinajstić information content (AvgIpc) is 2.64. The van der Waals surface area contributed by atoms with E-state index in [1.165, 1.54) is 6.20 Å². The maximum absolute atomic E-state index is 12.4. The first-order chi connectivity index (χ1) is 11.7. The van der Waals surface area contributed by atoms with Crippen LogP contribution in [0.5, 0.6) is 5.75 Å². The summed E-state index contributed by atoms with van der Waals surface area (Å²) in [6, 6.07) is 3.51. The summed E-state index contributed by atoms with van der Waals surface area (Å²) in [4.78, 5) is 20.7. The van der Waals surface area contributed by atoms with Gasteiger partial charge in [-0.25, -0.2) is 4.98 Å². The first kappa shape index (κ1) is 16.7. The summed E-state index contributed by atoms with van der Waals surface area (Å²) >= 11 is 6.28. The lowest BCUT2D eigenvalue weighted by molar-refractivity contribution is -0.120. The highest BCUT2D eigenvalue weighted by atomic mass is 35.5. The monoisotopic (exact) mass is 346 g/mol. The largest absolute Gasteiger partial charge is 0.496 e. The van der Waals surface area contributed by atoms with Gasteiger partial charge in [-0.05, 0) is 31.5 Å². The SMILES string of the molecule is COc1ccncc1-c1cc(NC(=O)[C@@H]2CCCNC2)ncc1Cl. The van der Waals surface area contributed by atoms with E-state index in [0.29, 0.717) is 28.7 Å². The highest BCUT2D eigenvalue weighted by Crippen LogP contribution is 2.34. The van der Waals surface area contributed by atoms with E-state index in [-0.39, 0.29) is 11.8 Å². The molecule has 24 heavy (non-hydrogen) atoms. The Kier molecular flexibility index (Phi) is 5.27. The van der Waals surface area contributed by atoms with Crippen LogP contribution in [-0.4, -0.2) is 36.1 Å². The molecule has 1 aliphatic heterocycles. The minimum Gasteiger partial charge on any atom is -0.496 e. The molecule has 126 valence electrons. The standard InChI is InChI=1S/C17H19ClN4O2/c1-24-15-4-6-20-9-13(15)12-7-16(21-10-14(12)18)22-17(23)11-3-2-5-19-8-11/h4,6-7,9-11,19H,2-3,5,8H2,1H3,(H,21,22,23)/t11-/m1/s1. The van der Waals surface area contributed by atoms with Crippen molar-refractivity contribution in [2.24, 2.45) is 5.92 Å². The topological polar surface area (TPSA) is 76.1 Å². The second kappa shape index (κ2) is 7.59. The number of nitrogens with zero attached hydrogens (tertiary/aromatic N) is 2. The lowest BCUT2D eigenvalue weighted by atomic mass is 9.99. The maximum atomic E-state index is 12.4. The Balaban J connectivity index is 1.85. The Morgan fingerprint density at radius 2 is 2.29 bits per heavy atom. The third kappa shape index (κ3) is 3.66. The molecule has 3 heterocycles. The molecule has 1 saturated heterocycles. The predicted octanol–water partition coefficient (Wildman–Crippen LogP) is 2.74. The number of halogens is 1. The van der Waals surface area contributed by atoms with Gasteiger partial charge in [-0.1, -0.05) is 11.6 Å². The molecule has 3 rings (SSSR count). The van der Waals surface area contributed by atoms with E-state index in [2.05, 4.69) is 20.6 Å². The molecule has 1 amide bonds. The number of aromatic nitrogens is 2. The zero-order valence-corrected chi connectivity index (χ0v) is 14.1. The molecule has 2 aromatic heterocycles. The summed E-state index contributed by atoms with van der Waals surface area (Å²) in [6.07, 6.45) is 6.74. The number of ether oxygens (including phenoxy) is 1. The van der Waals surface area contributed by atoms with E-state index in [4.69, 9.17) is 16.3 Å². The van der Waals surface area contributed by atoms with Crippen molar-refractivity contribution in [2.75, 3.05) is 25.5 Å². The summed E-state index contributed by atoms with van der Waals surface area (Å²) in [6.45, 7) is 1.66. The van der Waals surface area contributed by atoms with E-state index < -0.39 is 0 Å². The molecule has 2 aromatic rings. The molecule has 0 bridgehead atoms. The smallest absolute Gasteiger partial charge is 0.229 e. The molecule has 0 spiro atoms. The molecule has 0 saturated carbocycles. The fourth-order valence-corrected chi connectivity index (χ4v) is 2.98. The molecular weight excluding hydrogens is 328 g/mol. The number of rotatable bonds is 4. The first-order valence-electron chi connectivity index (χ1n) is 7.84. The third-order valence-electron chi connectivity index (χ3n) is 4.07. The quantitative estimate of drug-likeness (QED) is 0.890. The third-order valence-corrected chi connectivity index (χ3v) is 4.37. The number of amides is 1. The van der Waals surface area contributed by atoms with E-state index in [1.807, 2.05) is 0 Å². The molecule has 0 unspecified atom stereocenters. The van der Waals surface area contributed by atoms with Gasteiger partial charge in [0.1, 0.15) is 11.6 Å². The summed E-state index contributed by atoms with van der Waals surface area (Å²) in [5.41, 5.74) is 1.47. The molecule has 1 aliphatic rings. The normalized spacial score (nSPS) is 17.3. The van der Waals surface area contributed by atoms with Crippen LogP contribution in [0.1, 0.15) is 12.8 Å². The van der Waals surface area contributed by atoms with Crippen LogP contribution in [-0.2, 0) is 4.79 Å². The number of pyridine rings is 2. The number of hydrogen-bond donors (Lipinski definition) is 2. The fraction of sp³-hybridized carbons (Fsp3) is 0.353. The van der Waals surface area contributed by atoms with Gasteiger partial charge in [0.2, 0.25) is 5.91 Å². The number of nitrogens with one attached hydrogen (secondary N) is 2. The Labute approximate surface area is 145 Å². The van der Waals surface area contributed by atoms with E-state index in [9.17, 15) is 4.79 Å². The minimum absolute atomic E-state index is 0.0267. The molecule has 2 N–H and O–H groups in total. The van der Waals surface area contributed by atoms with Crippen LogP contribution < -0.4 is 15.4 Å². The lowest BCUT2D eigenvalue weighted by Gasteiger charge is -2.21. The van der Waals surface area contributed by atoms with Crippen LogP contribution in [0.4, 0.5) is 5.82 Å². The molecule has 1 atom stereocenters. The Bertz CT molecular complexity index is 732. The van der Waals surface area contributed by atoms with Crippen LogP contribution in [0.2, 0.25) is 5.02 Å². The van der Waals surface area contributed by atoms with Gasteiger partial charge >= 0.3 is 0 Å². The molecule has 1 fully saturated rings. The molecule has 0 radical (unpaired) electrons. The average molecular weight is 347 g/mol. The Morgan fingerprint density at radius 1 is 1.42 bits per heavy atom. The van der Waals surface area contributed by atoms with Crippen molar-refractivity contribution < 1.29 is 9.53 Å². The van der Waals surface area contributed by atoms with Crippen molar-refractivity contribution in [1.29, 1.82) is 0 Å². The Morgan fingerprint density at radius 3 is 3.04 bits per heavy atom. The van der Waals surface area contributed by atoms with Crippen molar-refractivity contribution in [3.05, 3.63) is 35.7 Å². The van der Waals surface area contributed by atoms with Crippen LogP contribution in [0.3, 0.4) is 0 Å². The zero-order chi connectivity index (χ0) is 16.9. The van der Waals surface area contributed by atoms with Crippen LogP contribution in [0.15, 0.2) is 30.7 Å². The summed E-state index contributed by atoms with van der Waals surface area (Å²) in [7, 11) is 1.59. The Hall–Kier alpha value is -2.18. The molecule has 0 aliphatic carbocycles. The molecular formula is C17H19ClN4O2. The fourth-order valence-electron chi connectivity index (χ4n) is 2.78. The molecule has 0 aromatic carbocycles. The second-order valence-corrected chi connectivity index (χ2v) is 6.07. The van der Waals surface area contributed by atoms with Gasteiger partial charge in [0.15, 0.2) is 0 Å². The highest BCUT2D eigenvalue weighted by Gasteiger charge is 2.21. The lowest BCUT2D eigenvalue weighted by Crippen LogP contribution is -2.37. The van der Waals surface area contributed by atoms with Gasteiger partial charge in [0.05, 0.1) is 18.1 Å². The number of hydrogen-bond acceptors (Lipinski definition) is 5. The van der Waals surface area contributed by atoms with Gasteiger partial charge in [-0.3, -0.25) is 9.78 Å². The van der Waals surface area contributed by atoms with Gasteiger partial charge in [0, 0.05) is 36.3 Å². The van der Waals surface area contributed by atoms with Crippen molar-refractivity contribution in [3.63, 3.8) is 0 Å². The van der Waals surface area contributed by atoms with Crippen LogP contribution >= 0.6 is 11.6 Å². The highest BCUT2D eigenvalue weighted by molar-refractivity contribution is 6.33. The minimum atomic E-state index is -0.0346. The van der Waals surface area contributed by atoms with Gasteiger partial charge in [-0.15, -0.1) is 0 Å². The predicted molar refractivity (Wildman–Crippen MR) is 93.3 cm³/mol. The van der Waals surface area contributed by atoms with Gasteiger partial charge < -0.3 is 15.4 Å². The van der Waals surface area contributed by atoms with Crippen molar-refractivity contribution >= 4 is 23.3 Å². The van der Waals surface area contributed by atoms with Gasteiger partial charge in [-0.2, -0.15) is 0 Å². The van der Waals surface area contributed by atoms with Crippen molar-refractivity contribution in [2.45, 2.75) is 12.8 Å². The van der Waals surface area contributed by atoms with Crippen LogP contribution in [0, 0.1) is 5.92 Å².